The number of methoxy groups -OCH3 is 1. The Kier molecular flexibility index (Phi) is 7.94. The first-order valence-electron chi connectivity index (χ1n) is 13.5. The number of fused-ring (bicyclic) bond motifs is 1. The van der Waals surface area contributed by atoms with Crippen LogP contribution in [0.1, 0.15) is 35.7 Å². The van der Waals surface area contributed by atoms with E-state index >= 15 is 0 Å². The van der Waals surface area contributed by atoms with Crippen LogP contribution in [0.3, 0.4) is 0 Å². The monoisotopic (exact) mass is 535 g/mol. The Labute approximate surface area is 234 Å². The SMILES string of the molecule is COC(=O)C1CC(C(=O)NC(C)(Cc2ccc(C#N)cc2)c2cnc[nH]2)CN(Cc2cccc3ccccc23)C1. The van der Waals surface area contributed by atoms with E-state index < -0.39 is 17.4 Å². The van der Waals surface area contributed by atoms with Crippen LogP contribution in [0.2, 0.25) is 0 Å². The zero-order chi connectivity index (χ0) is 28.1. The van der Waals surface area contributed by atoms with E-state index in [1.54, 1.807) is 24.7 Å². The van der Waals surface area contributed by atoms with Crippen molar-refractivity contribution in [2.75, 3.05) is 20.2 Å². The van der Waals surface area contributed by atoms with E-state index in [4.69, 9.17) is 10.00 Å². The maximum absolute atomic E-state index is 13.9. The van der Waals surface area contributed by atoms with Gasteiger partial charge in [0, 0.05) is 26.1 Å². The Bertz CT molecular complexity index is 1520. The summed E-state index contributed by atoms with van der Waals surface area (Å²) in [5.74, 6) is -1.23. The summed E-state index contributed by atoms with van der Waals surface area (Å²) >= 11 is 0. The van der Waals surface area contributed by atoms with Crippen molar-refractivity contribution < 1.29 is 14.3 Å². The van der Waals surface area contributed by atoms with Gasteiger partial charge in [0.1, 0.15) is 0 Å². The van der Waals surface area contributed by atoms with Gasteiger partial charge in [0.15, 0.2) is 0 Å². The Morgan fingerprint density at radius 3 is 2.58 bits per heavy atom. The van der Waals surface area contributed by atoms with Crippen molar-refractivity contribution in [1.82, 2.24) is 20.2 Å². The summed E-state index contributed by atoms with van der Waals surface area (Å²) in [6.45, 7) is 3.65. The number of carbonyl (C=O) groups excluding carboxylic acids is 2. The molecule has 5 rings (SSSR count). The molecule has 0 aliphatic carbocycles. The van der Waals surface area contributed by atoms with Crippen molar-refractivity contribution in [3.05, 3.63) is 102 Å². The number of carbonyl (C=O) groups is 2. The lowest BCUT2D eigenvalue weighted by atomic mass is 9.85. The first-order chi connectivity index (χ1) is 19.4. The maximum atomic E-state index is 13.9. The fourth-order valence-corrected chi connectivity index (χ4v) is 5.76. The number of H-pyrrole nitrogens is 1. The quantitative estimate of drug-likeness (QED) is 0.325. The molecule has 2 N–H and O–H groups in total. The second kappa shape index (κ2) is 11.7. The van der Waals surface area contributed by atoms with E-state index in [0.29, 0.717) is 38.0 Å². The lowest BCUT2D eigenvalue weighted by Gasteiger charge is -2.38. The molecule has 0 bridgehead atoms. The molecule has 0 radical (unpaired) electrons. The molecule has 2 heterocycles. The fraction of sp³-hybridized carbons (Fsp3) is 0.312. The van der Waals surface area contributed by atoms with E-state index in [-0.39, 0.29) is 11.9 Å². The number of nitrogens with zero attached hydrogens (tertiary/aromatic N) is 3. The number of amides is 1. The second-order valence-electron chi connectivity index (χ2n) is 10.8. The normalized spacial score (nSPS) is 18.9. The third kappa shape index (κ3) is 5.90. The maximum Gasteiger partial charge on any atom is 0.309 e. The van der Waals surface area contributed by atoms with Crippen LogP contribution < -0.4 is 5.32 Å². The Hall–Kier alpha value is -4.48. The van der Waals surface area contributed by atoms with Gasteiger partial charge in [-0.2, -0.15) is 5.26 Å². The lowest BCUT2D eigenvalue weighted by Crippen LogP contribution is -2.53. The Morgan fingerprint density at radius 2 is 1.85 bits per heavy atom. The number of aromatic nitrogens is 2. The number of aromatic amines is 1. The van der Waals surface area contributed by atoms with Crippen molar-refractivity contribution >= 4 is 22.6 Å². The number of piperidine rings is 1. The van der Waals surface area contributed by atoms with Gasteiger partial charge >= 0.3 is 5.97 Å². The molecule has 40 heavy (non-hydrogen) atoms. The zero-order valence-electron chi connectivity index (χ0n) is 22.8. The fourth-order valence-electron chi connectivity index (χ4n) is 5.76. The summed E-state index contributed by atoms with van der Waals surface area (Å²) in [4.78, 5) is 36.1. The molecule has 3 atom stereocenters. The van der Waals surface area contributed by atoms with E-state index in [2.05, 4.69) is 50.5 Å². The lowest BCUT2D eigenvalue weighted by molar-refractivity contribution is -0.149. The van der Waals surface area contributed by atoms with Gasteiger partial charge in [-0.05, 0) is 47.4 Å². The molecule has 3 unspecified atom stereocenters. The standard InChI is InChI=1S/C32H33N5O3/c1-32(29-17-34-21-35-29,15-22-10-12-23(16-33)13-11-22)36-30(38)26-14-27(31(39)40-2)20-37(19-26)18-25-8-5-7-24-6-3-4-9-28(24)25/h3-13,17,21,26-27H,14-15,18-20H2,1-2H3,(H,34,35)(H,36,38). The number of hydrogen-bond donors (Lipinski definition) is 2. The molecule has 1 aromatic heterocycles. The van der Waals surface area contributed by atoms with Crippen LogP contribution in [0, 0.1) is 23.2 Å². The van der Waals surface area contributed by atoms with Crippen molar-refractivity contribution in [1.29, 1.82) is 5.26 Å². The van der Waals surface area contributed by atoms with Crippen LogP contribution in [0.4, 0.5) is 0 Å². The van der Waals surface area contributed by atoms with Gasteiger partial charge in [0.25, 0.3) is 0 Å². The molecule has 1 aliphatic heterocycles. The molecular weight excluding hydrogens is 502 g/mol. The molecule has 1 fully saturated rings. The van der Waals surface area contributed by atoms with Gasteiger partial charge in [-0.25, -0.2) is 4.98 Å². The van der Waals surface area contributed by atoms with E-state index in [0.717, 1.165) is 22.2 Å². The van der Waals surface area contributed by atoms with Gasteiger partial charge < -0.3 is 15.0 Å². The summed E-state index contributed by atoms with van der Waals surface area (Å²) in [5.41, 5.74) is 2.72. The van der Waals surface area contributed by atoms with Crippen LogP contribution in [-0.4, -0.2) is 46.9 Å². The summed E-state index contributed by atoms with van der Waals surface area (Å²) < 4.78 is 5.11. The van der Waals surface area contributed by atoms with Crippen molar-refractivity contribution in [2.24, 2.45) is 11.8 Å². The van der Waals surface area contributed by atoms with Crippen LogP contribution in [0.25, 0.3) is 10.8 Å². The predicted octanol–water partition coefficient (Wildman–Crippen LogP) is 4.32. The largest absolute Gasteiger partial charge is 0.469 e. The minimum atomic E-state index is -0.777. The Morgan fingerprint density at radius 1 is 1.10 bits per heavy atom. The predicted molar refractivity (Wildman–Crippen MR) is 152 cm³/mol. The average molecular weight is 536 g/mol. The second-order valence-corrected chi connectivity index (χ2v) is 10.8. The van der Waals surface area contributed by atoms with Gasteiger partial charge in [0.05, 0.1) is 54.3 Å². The zero-order valence-corrected chi connectivity index (χ0v) is 22.8. The first kappa shape index (κ1) is 27.1. The molecule has 0 spiro atoms. The van der Waals surface area contributed by atoms with Crippen molar-refractivity contribution in [3.63, 3.8) is 0 Å². The van der Waals surface area contributed by atoms with Gasteiger partial charge in [0.2, 0.25) is 5.91 Å². The molecule has 204 valence electrons. The minimum absolute atomic E-state index is 0.123. The van der Waals surface area contributed by atoms with Gasteiger partial charge in [-0.15, -0.1) is 0 Å². The highest BCUT2D eigenvalue weighted by Gasteiger charge is 2.39. The smallest absolute Gasteiger partial charge is 0.309 e. The van der Waals surface area contributed by atoms with Gasteiger partial charge in [-0.1, -0.05) is 54.6 Å². The topological polar surface area (TPSA) is 111 Å². The van der Waals surface area contributed by atoms with Crippen molar-refractivity contribution in [2.45, 2.75) is 31.8 Å². The highest BCUT2D eigenvalue weighted by atomic mass is 16.5. The molecule has 0 saturated carbocycles. The van der Waals surface area contributed by atoms with Crippen molar-refractivity contribution in [3.8, 4) is 6.07 Å². The number of rotatable bonds is 8. The molecule has 4 aromatic rings. The number of nitriles is 1. The van der Waals surface area contributed by atoms with E-state index in [1.165, 1.54) is 12.5 Å². The number of imidazole rings is 1. The number of likely N-dealkylation sites (tertiary alicyclic amines) is 1. The first-order valence-corrected chi connectivity index (χ1v) is 13.5. The molecular formula is C32H33N5O3. The van der Waals surface area contributed by atoms with Crippen LogP contribution in [0.15, 0.2) is 79.3 Å². The molecule has 1 saturated heterocycles. The van der Waals surface area contributed by atoms with E-state index in [9.17, 15) is 9.59 Å². The number of nitrogens with one attached hydrogen (secondary N) is 2. The highest BCUT2D eigenvalue weighted by Crippen LogP contribution is 2.30. The molecule has 8 nitrogen and oxygen atoms in total. The number of ether oxygens (including phenoxy) is 1. The Balaban J connectivity index is 1.38. The summed E-state index contributed by atoms with van der Waals surface area (Å²) in [6.07, 6.45) is 4.23. The summed E-state index contributed by atoms with van der Waals surface area (Å²) in [5, 5.41) is 14.8. The third-order valence-corrected chi connectivity index (χ3v) is 7.84. The van der Waals surface area contributed by atoms with Crippen LogP contribution in [0.5, 0.6) is 0 Å². The highest BCUT2D eigenvalue weighted by molar-refractivity contribution is 5.85. The molecule has 8 heteroatoms. The van der Waals surface area contributed by atoms with Crippen LogP contribution >= 0.6 is 0 Å². The molecule has 3 aromatic carbocycles. The summed E-state index contributed by atoms with van der Waals surface area (Å²) in [6, 6.07) is 24.0. The number of esters is 1. The summed E-state index contributed by atoms with van der Waals surface area (Å²) in [7, 11) is 1.40. The van der Waals surface area contributed by atoms with Crippen LogP contribution in [-0.2, 0) is 32.8 Å². The number of hydrogen-bond acceptors (Lipinski definition) is 6. The van der Waals surface area contributed by atoms with E-state index in [1.807, 2.05) is 37.3 Å². The molecule has 1 aliphatic rings. The molecule has 1 amide bonds. The average Bonchev–Trinajstić information content (AvgIpc) is 3.53. The third-order valence-electron chi connectivity index (χ3n) is 7.84. The minimum Gasteiger partial charge on any atom is -0.469 e. The number of benzene rings is 3. The van der Waals surface area contributed by atoms with Gasteiger partial charge in [-0.3, -0.25) is 14.5 Å².